The van der Waals surface area contributed by atoms with Gasteiger partial charge in [-0.2, -0.15) is 18.3 Å². The second-order valence-electron chi connectivity index (χ2n) is 9.21. The molecule has 41 heavy (non-hydrogen) atoms. The lowest BCUT2D eigenvalue weighted by Gasteiger charge is -2.34. The Hall–Kier alpha value is -4.62. The topological polar surface area (TPSA) is 124 Å². The highest BCUT2D eigenvalue weighted by atomic mass is 19.4. The van der Waals surface area contributed by atoms with E-state index in [9.17, 15) is 36.3 Å². The van der Waals surface area contributed by atoms with Crippen LogP contribution in [0.15, 0.2) is 47.3 Å². The highest BCUT2D eigenvalue weighted by Crippen LogP contribution is 2.19. The molecular weight excluding hydrogens is 555 g/mol. The van der Waals surface area contributed by atoms with Crippen LogP contribution in [0.3, 0.4) is 0 Å². The summed E-state index contributed by atoms with van der Waals surface area (Å²) in [7, 11) is 0. The third-order valence-corrected chi connectivity index (χ3v) is 6.40. The number of H-pyrrole nitrogens is 1. The number of rotatable bonds is 5. The molecule has 2 aromatic carbocycles. The maximum atomic E-state index is 14.6. The summed E-state index contributed by atoms with van der Waals surface area (Å²) in [4.78, 5) is 49.2. The summed E-state index contributed by atoms with van der Waals surface area (Å²) in [5, 5.41) is 13.6. The van der Waals surface area contributed by atoms with Crippen molar-refractivity contribution in [1.29, 1.82) is 0 Å². The van der Waals surface area contributed by atoms with Gasteiger partial charge < -0.3 is 14.9 Å². The Morgan fingerprint density at radius 3 is 2.17 bits per heavy atom. The van der Waals surface area contributed by atoms with Crippen LogP contribution >= 0.6 is 0 Å². The first-order chi connectivity index (χ1) is 19.2. The van der Waals surface area contributed by atoms with Gasteiger partial charge in [-0.25, -0.2) is 18.7 Å². The molecular formula is C27H25F5N4O5. The zero-order valence-electron chi connectivity index (χ0n) is 21.9. The first-order valence-corrected chi connectivity index (χ1v) is 12.1. The summed E-state index contributed by atoms with van der Waals surface area (Å²) in [5.74, 6) is -4.60. The van der Waals surface area contributed by atoms with Gasteiger partial charge in [0, 0.05) is 31.6 Å². The van der Waals surface area contributed by atoms with E-state index in [1.807, 2.05) is 0 Å². The Labute approximate surface area is 230 Å². The molecule has 14 heteroatoms. The molecule has 0 radical (unpaired) electrons. The molecule has 2 heterocycles. The number of aliphatic carboxylic acids is 1. The number of hydrogen-bond acceptors (Lipinski definition) is 5. The van der Waals surface area contributed by atoms with Crippen molar-refractivity contribution in [3.8, 4) is 0 Å². The molecule has 1 aliphatic rings. The molecule has 0 saturated carbocycles. The quantitative estimate of drug-likeness (QED) is 0.446. The second-order valence-corrected chi connectivity index (χ2v) is 9.21. The Kier molecular flexibility index (Phi) is 9.58. The number of nitrogens with zero attached hydrogens (tertiary/aromatic N) is 3. The standard InChI is InChI=1S/C25H24F2N4O3.C2HF3O2/c1-15-16(2)24(33)29-28-22(15)12-18-5-8-21(27)20(11-18)25(34)31-10-9-30(23(32)14-31)13-17-3-6-19(26)7-4-17;3-2(4,5)1(6)7/h3-8,11H,9-10,12-14H2,1-2H3,(H,29,33);(H,6,7). The van der Waals surface area contributed by atoms with Crippen molar-refractivity contribution in [2.24, 2.45) is 0 Å². The van der Waals surface area contributed by atoms with Gasteiger partial charge in [0.2, 0.25) is 5.91 Å². The first-order valence-electron chi connectivity index (χ1n) is 12.1. The van der Waals surface area contributed by atoms with Crippen molar-refractivity contribution in [2.75, 3.05) is 19.6 Å². The van der Waals surface area contributed by atoms with Crippen molar-refractivity contribution in [1.82, 2.24) is 20.0 Å². The monoisotopic (exact) mass is 580 g/mol. The number of benzene rings is 2. The van der Waals surface area contributed by atoms with Gasteiger partial charge in [0.15, 0.2) is 0 Å². The largest absolute Gasteiger partial charge is 0.490 e. The highest BCUT2D eigenvalue weighted by Gasteiger charge is 2.38. The number of aromatic amines is 1. The van der Waals surface area contributed by atoms with Crippen LogP contribution in [-0.4, -0.2) is 68.7 Å². The summed E-state index contributed by atoms with van der Waals surface area (Å²) in [6, 6.07) is 10.2. The number of nitrogens with one attached hydrogen (secondary N) is 1. The Balaban J connectivity index is 0.000000587. The van der Waals surface area contributed by atoms with Gasteiger partial charge in [-0.15, -0.1) is 0 Å². The molecule has 2 amide bonds. The van der Waals surface area contributed by atoms with Crippen LogP contribution in [0.5, 0.6) is 0 Å². The van der Waals surface area contributed by atoms with Crippen molar-refractivity contribution in [3.05, 3.63) is 98.0 Å². The lowest BCUT2D eigenvalue weighted by molar-refractivity contribution is -0.192. The minimum Gasteiger partial charge on any atom is -0.475 e. The summed E-state index contributed by atoms with van der Waals surface area (Å²) in [6.45, 7) is 4.20. The van der Waals surface area contributed by atoms with Crippen LogP contribution < -0.4 is 5.56 Å². The van der Waals surface area contributed by atoms with Crippen LogP contribution in [0.1, 0.15) is 38.3 Å². The number of halogens is 5. The van der Waals surface area contributed by atoms with E-state index in [0.29, 0.717) is 36.3 Å². The Morgan fingerprint density at radius 1 is 0.976 bits per heavy atom. The number of piperazine rings is 1. The molecule has 2 N–H and O–H groups in total. The molecule has 4 rings (SSSR count). The maximum absolute atomic E-state index is 14.6. The van der Waals surface area contributed by atoms with E-state index >= 15 is 0 Å². The molecule has 3 aromatic rings. The van der Waals surface area contributed by atoms with Crippen LogP contribution in [0.25, 0.3) is 0 Å². The molecule has 218 valence electrons. The summed E-state index contributed by atoms with van der Waals surface area (Å²) >= 11 is 0. The normalized spacial score (nSPS) is 13.5. The van der Waals surface area contributed by atoms with Crippen LogP contribution in [0, 0.1) is 25.5 Å². The van der Waals surface area contributed by atoms with Gasteiger partial charge in [0.1, 0.15) is 18.2 Å². The molecule has 9 nitrogen and oxygen atoms in total. The van der Waals surface area contributed by atoms with Gasteiger partial charge in [-0.05, 0) is 54.8 Å². The van der Waals surface area contributed by atoms with E-state index in [1.54, 1.807) is 36.9 Å². The number of hydrogen-bond donors (Lipinski definition) is 2. The average Bonchev–Trinajstić information content (AvgIpc) is 2.91. The van der Waals surface area contributed by atoms with Crippen molar-refractivity contribution >= 4 is 17.8 Å². The van der Waals surface area contributed by atoms with Crippen molar-refractivity contribution in [2.45, 2.75) is 33.0 Å². The predicted molar refractivity (Wildman–Crippen MR) is 135 cm³/mol. The predicted octanol–water partition coefficient (Wildman–Crippen LogP) is 3.37. The molecule has 1 aliphatic heterocycles. The number of aromatic nitrogens is 2. The molecule has 0 spiro atoms. The van der Waals surface area contributed by atoms with E-state index in [0.717, 1.165) is 11.1 Å². The fourth-order valence-corrected chi connectivity index (χ4v) is 3.91. The highest BCUT2D eigenvalue weighted by molar-refractivity contribution is 5.97. The average molecular weight is 581 g/mol. The molecule has 0 aliphatic carbocycles. The smallest absolute Gasteiger partial charge is 0.475 e. The van der Waals surface area contributed by atoms with E-state index in [2.05, 4.69) is 10.2 Å². The molecule has 1 fully saturated rings. The fraction of sp³-hybridized carbons (Fsp3) is 0.296. The van der Waals surface area contributed by atoms with Gasteiger partial charge in [0.25, 0.3) is 11.5 Å². The van der Waals surface area contributed by atoms with E-state index in [-0.39, 0.29) is 35.9 Å². The summed E-state index contributed by atoms with van der Waals surface area (Å²) < 4.78 is 59.4. The van der Waals surface area contributed by atoms with Crippen LogP contribution in [-0.2, 0) is 22.6 Å². The zero-order chi connectivity index (χ0) is 30.5. The minimum atomic E-state index is -5.08. The lowest BCUT2D eigenvalue weighted by atomic mass is 10.0. The van der Waals surface area contributed by atoms with E-state index < -0.39 is 23.9 Å². The van der Waals surface area contributed by atoms with Crippen LogP contribution in [0.4, 0.5) is 22.0 Å². The third kappa shape index (κ3) is 7.96. The van der Waals surface area contributed by atoms with Crippen LogP contribution in [0.2, 0.25) is 0 Å². The summed E-state index contributed by atoms with van der Waals surface area (Å²) in [6.07, 6.45) is -4.77. The number of amides is 2. The molecule has 0 atom stereocenters. The van der Waals surface area contributed by atoms with E-state index in [1.165, 1.54) is 29.2 Å². The van der Waals surface area contributed by atoms with Gasteiger partial charge in [-0.3, -0.25) is 14.4 Å². The first kappa shape index (κ1) is 30.9. The van der Waals surface area contributed by atoms with Gasteiger partial charge in [-0.1, -0.05) is 18.2 Å². The van der Waals surface area contributed by atoms with Gasteiger partial charge >= 0.3 is 12.1 Å². The summed E-state index contributed by atoms with van der Waals surface area (Å²) in [5.41, 5.74) is 2.99. The minimum absolute atomic E-state index is 0.115. The third-order valence-electron chi connectivity index (χ3n) is 6.40. The number of alkyl halides is 3. The molecule has 0 unspecified atom stereocenters. The maximum Gasteiger partial charge on any atom is 0.490 e. The van der Waals surface area contributed by atoms with Crippen molar-refractivity contribution in [3.63, 3.8) is 0 Å². The molecule has 1 saturated heterocycles. The fourth-order valence-electron chi connectivity index (χ4n) is 3.91. The van der Waals surface area contributed by atoms with Gasteiger partial charge in [0.05, 0.1) is 11.3 Å². The zero-order valence-corrected chi connectivity index (χ0v) is 21.9. The van der Waals surface area contributed by atoms with E-state index in [4.69, 9.17) is 9.90 Å². The number of carbonyl (C=O) groups excluding carboxylic acids is 2. The molecule has 1 aromatic heterocycles. The molecule has 0 bridgehead atoms. The van der Waals surface area contributed by atoms with Crippen molar-refractivity contribution < 1.29 is 41.4 Å². The SMILES string of the molecule is Cc1c(Cc2ccc(F)c(C(=O)N3CCN(Cc4ccc(F)cc4)C(=O)C3)c2)n[nH]c(=O)c1C.O=C(O)C(F)(F)F. The lowest BCUT2D eigenvalue weighted by Crippen LogP contribution is -2.51. The number of carboxylic acids is 1. The Bertz CT molecular complexity index is 1510. The number of carbonyl (C=O) groups is 3. The Morgan fingerprint density at radius 2 is 1.59 bits per heavy atom. The number of carboxylic acid groups (broad SMARTS) is 1. The second kappa shape index (κ2) is 12.7.